The number of nitrogens with one attached hydrogen (secondary N) is 1. The summed E-state index contributed by atoms with van der Waals surface area (Å²) in [5.74, 6) is 0.0534. The zero-order valence-corrected chi connectivity index (χ0v) is 11.6. The molecule has 0 spiro atoms. The van der Waals surface area contributed by atoms with Gasteiger partial charge >= 0.3 is 0 Å². The number of piperazine rings is 1. The maximum atomic E-state index is 12.2. The topological polar surface area (TPSA) is 61.9 Å². The summed E-state index contributed by atoms with van der Waals surface area (Å²) >= 11 is 0. The van der Waals surface area contributed by atoms with E-state index in [4.69, 9.17) is 4.74 Å². The van der Waals surface area contributed by atoms with Crippen LogP contribution in [0.1, 0.15) is 19.8 Å². The van der Waals surface area contributed by atoms with Gasteiger partial charge in [-0.2, -0.15) is 0 Å². The van der Waals surface area contributed by atoms with Crippen LogP contribution in [-0.2, 0) is 14.3 Å². The third kappa shape index (κ3) is 3.91. The molecule has 0 aromatic rings. The summed E-state index contributed by atoms with van der Waals surface area (Å²) < 4.78 is 5.59. The van der Waals surface area contributed by atoms with E-state index < -0.39 is 0 Å². The highest BCUT2D eigenvalue weighted by Gasteiger charge is 2.27. The van der Waals surface area contributed by atoms with Crippen LogP contribution in [0.2, 0.25) is 0 Å². The van der Waals surface area contributed by atoms with Crippen molar-refractivity contribution in [2.75, 3.05) is 45.9 Å². The molecule has 0 aromatic carbocycles. The zero-order chi connectivity index (χ0) is 13.7. The second-order valence-electron chi connectivity index (χ2n) is 5.05. The van der Waals surface area contributed by atoms with Gasteiger partial charge in [0.1, 0.15) is 0 Å². The third-order valence-corrected chi connectivity index (χ3v) is 3.65. The SMILES string of the molecule is CCO[C@H]1CCCN(C(=O)CN2CCNCC2=O)C1. The van der Waals surface area contributed by atoms with Gasteiger partial charge in [0.15, 0.2) is 0 Å². The number of hydrogen-bond donors (Lipinski definition) is 1. The van der Waals surface area contributed by atoms with Crippen LogP contribution in [-0.4, -0.2) is 73.6 Å². The van der Waals surface area contributed by atoms with Crippen LogP contribution in [0, 0.1) is 0 Å². The van der Waals surface area contributed by atoms with Gasteiger partial charge in [0.05, 0.1) is 19.2 Å². The van der Waals surface area contributed by atoms with Gasteiger partial charge in [0.2, 0.25) is 11.8 Å². The smallest absolute Gasteiger partial charge is 0.242 e. The van der Waals surface area contributed by atoms with E-state index in [9.17, 15) is 9.59 Å². The van der Waals surface area contributed by atoms with Gasteiger partial charge in [-0.3, -0.25) is 9.59 Å². The number of carbonyl (C=O) groups is 2. The van der Waals surface area contributed by atoms with E-state index in [0.29, 0.717) is 26.2 Å². The van der Waals surface area contributed by atoms with Gasteiger partial charge in [-0.1, -0.05) is 0 Å². The Kier molecular flexibility index (Phi) is 5.15. The minimum atomic E-state index is 0.0120. The summed E-state index contributed by atoms with van der Waals surface area (Å²) in [5.41, 5.74) is 0. The molecule has 2 aliphatic heterocycles. The lowest BCUT2D eigenvalue weighted by Gasteiger charge is -2.35. The minimum absolute atomic E-state index is 0.0120. The van der Waals surface area contributed by atoms with Crippen molar-refractivity contribution in [2.24, 2.45) is 0 Å². The summed E-state index contributed by atoms with van der Waals surface area (Å²) in [6.07, 6.45) is 2.15. The number of likely N-dealkylation sites (tertiary alicyclic amines) is 1. The highest BCUT2D eigenvalue weighted by molar-refractivity contribution is 5.86. The van der Waals surface area contributed by atoms with Crippen molar-refractivity contribution in [1.82, 2.24) is 15.1 Å². The summed E-state index contributed by atoms with van der Waals surface area (Å²) in [5, 5.41) is 3.00. The molecule has 2 heterocycles. The van der Waals surface area contributed by atoms with Gasteiger partial charge in [0.25, 0.3) is 0 Å². The molecular weight excluding hydrogens is 246 g/mol. The predicted molar refractivity (Wildman–Crippen MR) is 70.7 cm³/mol. The van der Waals surface area contributed by atoms with Crippen molar-refractivity contribution in [3.63, 3.8) is 0 Å². The van der Waals surface area contributed by atoms with Gasteiger partial charge in [0, 0.05) is 32.8 Å². The lowest BCUT2D eigenvalue weighted by molar-refractivity contribution is -0.143. The van der Waals surface area contributed by atoms with Gasteiger partial charge < -0.3 is 19.9 Å². The third-order valence-electron chi connectivity index (χ3n) is 3.65. The number of carbonyl (C=O) groups excluding carboxylic acids is 2. The molecule has 0 unspecified atom stereocenters. The Bertz CT molecular complexity index is 333. The van der Waals surface area contributed by atoms with Crippen LogP contribution in [0.4, 0.5) is 0 Å². The molecule has 0 aromatic heterocycles. The molecule has 2 rings (SSSR count). The first-order chi connectivity index (χ1) is 9.20. The van der Waals surface area contributed by atoms with Crippen molar-refractivity contribution >= 4 is 11.8 Å². The maximum absolute atomic E-state index is 12.2. The quantitative estimate of drug-likeness (QED) is 0.743. The van der Waals surface area contributed by atoms with E-state index in [0.717, 1.165) is 25.9 Å². The molecule has 2 fully saturated rings. The Hall–Kier alpha value is -1.14. The monoisotopic (exact) mass is 269 g/mol. The van der Waals surface area contributed by atoms with Crippen molar-refractivity contribution < 1.29 is 14.3 Å². The molecule has 1 atom stereocenters. The molecule has 108 valence electrons. The van der Waals surface area contributed by atoms with E-state index in [1.165, 1.54) is 0 Å². The van der Waals surface area contributed by atoms with E-state index in [-0.39, 0.29) is 24.5 Å². The van der Waals surface area contributed by atoms with E-state index in [2.05, 4.69) is 5.32 Å². The van der Waals surface area contributed by atoms with Crippen LogP contribution >= 0.6 is 0 Å². The highest BCUT2D eigenvalue weighted by Crippen LogP contribution is 2.13. The zero-order valence-electron chi connectivity index (χ0n) is 11.6. The minimum Gasteiger partial charge on any atom is -0.377 e. The van der Waals surface area contributed by atoms with Crippen molar-refractivity contribution in [2.45, 2.75) is 25.9 Å². The van der Waals surface area contributed by atoms with Gasteiger partial charge in [-0.25, -0.2) is 0 Å². The highest BCUT2D eigenvalue weighted by atomic mass is 16.5. The fraction of sp³-hybridized carbons (Fsp3) is 0.846. The summed E-state index contributed by atoms with van der Waals surface area (Å²) in [4.78, 5) is 27.3. The van der Waals surface area contributed by atoms with Gasteiger partial charge in [-0.15, -0.1) is 0 Å². The molecule has 0 radical (unpaired) electrons. The first kappa shape index (κ1) is 14.3. The molecular formula is C13H23N3O3. The average Bonchev–Trinajstić information content (AvgIpc) is 2.42. The van der Waals surface area contributed by atoms with Gasteiger partial charge in [-0.05, 0) is 19.8 Å². The Morgan fingerprint density at radius 3 is 3.05 bits per heavy atom. The van der Waals surface area contributed by atoms with E-state index in [1.54, 1.807) is 4.90 Å². The Morgan fingerprint density at radius 1 is 1.47 bits per heavy atom. The molecule has 0 bridgehead atoms. The van der Waals surface area contributed by atoms with Crippen LogP contribution < -0.4 is 5.32 Å². The summed E-state index contributed by atoms with van der Waals surface area (Å²) in [6, 6.07) is 0. The van der Waals surface area contributed by atoms with Crippen LogP contribution in [0.15, 0.2) is 0 Å². The van der Waals surface area contributed by atoms with Crippen LogP contribution in [0.5, 0.6) is 0 Å². The Balaban J connectivity index is 1.83. The molecule has 6 heteroatoms. The number of ether oxygens (including phenoxy) is 1. The van der Waals surface area contributed by atoms with E-state index in [1.807, 2.05) is 11.8 Å². The van der Waals surface area contributed by atoms with Crippen molar-refractivity contribution in [1.29, 1.82) is 0 Å². The summed E-state index contributed by atoms with van der Waals surface area (Å²) in [6.45, 7) is 6.03. The molecule has 19 heavy (non-hydrogen) atoms. The number of piperidine rings is 1. The van der Waals surface area contributed by atoms with Crippen molar-refractivity contribution in [3.8, 4) is 0 Å². The number of amides is 2. The van der Waals surface area contributed by atoms with Crippen molar-refractivity contribution in [3.05, 3.63) is 0 Å². The largest absolute Gasteiger partial charge is 0.377 e. The standard InChI is InChI=1S/C13H23N3O3/c1-2-19-11-4-3-6-15(9-11)13(18)10-16-7-5-14-8-12(16)17/h11,14H,2-10H2,1H3/t11-/m0/s1. The summed E-state index contributed by atoms with van der Waals surface area (Å²) in [7, 11) is 0. The molecule has 0 saturated carbocycles. The normalized spacial score (nSPS) is 24.7. The fourth-order valence-corrected chi connectivity index (χ4v) is 2.61. The molecule has 1 N–H and O–H groups in total. The van der Waals surface area contributed by atoms with Crippen LogP contribution in [0.3, 0.4) is 0 Å². The molecule has 2 aliphatic rings. The second kappa shape index (κ2) is 6.86. The molecule has 6 nitrogen and oxygen atoms in total. The molecule has 2 saturated heterocycles. The second-order valence-corrected chi connectivity index (χ2v) is 5.05. The molecule has 2 amide bonds. The Labute approximate surface area is 114 Å². The first-order valence-electron chi connectivity index (χ1n) is 7.08. The lowest BCUT2D eigenvalue weighted by atomic mass is 10.1. The maximum Gasteiger partial charge on any atom is 0.242 e. The molecule has 0 aliphatic carbocycles. The number of rotatable bonds is 4. The fourth-order valence-electron chi connectivity index (χ4n) is 2.61. The number of hydrogen-bond acceptors (Lipinski definition) is 4. The predicted octanol–water partition coefficient (Wildman–Crippen LogP) is -0.554. The van der Waals surface area contributed by atoms with Crippen LogP contribution in [0.25, 0.3) is 0 Å². The Morgan fingerprint density at radius 2 is 2.32 bits per heavy atom. The van der Waals surface area contributed by atoms with E-state index >= 15 is 0 Å². The lowest BCUT2D eigenvalue weighted by Crippen LogP contribution is -2.53. The number of nitrogens with zero attached hydrogens (tertiary/aromatic N) is 2. The first-order valence-corrected chi connectivity index (χ1v) is 7.08. The average molecular weight is 269 g/mol.